The molecule has 1 heterocycles. The average Bonchev–Trinajstić information content (AvgIpc) is 2.90. The number of thiophene rings is 1. The van der Waals surface area contributed by atoms with Crippen molar-refractivity contribution >= 4 is 34.1 Å². The number of hydrogen-bond donors (Lipinski definition) is 2. The van der Waals surface area contributed by atoms with E-state index in [1.54, 1.807) is 13.8 Å². The molecule has 7 heteroatoms. The molecular formula is C18H26N2O4S. The lowest BCUT2D eigenvalue weighted by Crippen LogP contribution is -2.16. The van der Waals surface area contributed by atoms with E-state index in [1.807, 2.05) is 0 Å². The molecule has 0 saturated heterocycles. The molecule has 0 unspecified atom stereocenters. The van der Waals surface area contributed by atoms with E-state index >= 15 is 0 Å². The number of primary amides is 1. The second kappa shape index (κ2) is 8.99. The standard InChI is InChI=1S/C18H26N2O4S/c1-3-24-18(23)14-11(2)15(16(19)22)25-17(14)20-13(21)10-9-12-7-5-4-6-8-12/h12H,3-10H2,1-2H3,(H2,19,22)(H,20,21). The van der Waals surface area contributed by atoms with Crippen LogP contribution in [-0.4, -0.2) is 24.4 Å². The van der Waals surface area contributed by atoms with Crippen LogP contribution in [0.25, 0.3) is 0 Å². The van der Waals surface area contributed by atoms with Crippen LogP contribution in [0.1, 0.15) is 77.5 Å². The van der Waals surface area contributed by atoms with Gasteiger partial charge in [-0.3, -0.25) is 9.59 Å². The molecule has 1 aliphatic carbocycles. The Hall–Kier alpha value is -1.89. The molecule has 138 valence electrons. The zero-order valence-corrected chi connectivity index (χ0v) is 15.7. The second-order valence-corrected chi connectivity index (χ2v) is 7.46. The molecular weight excluding hydrogens is 340 g/mol. The van der Waals surface area contributed by atoms with Gasteiger partial charge in [0.2, 0.25) is 5.91 Å². The maximum absolute atomic E-state index is 12.3. The van der Waals surface area contributed by atoms with Gasteiger partial charge in [0.05, 0.1) is 17.0 Å². The molecule has 0 bridgehead atoms. The Labute approximate surface area is 152 Å². The molecule has 0 radical (unpaired) electrons. The normalized spacial score (nSPS) is 15.0. The van der Waals surface area contributed by atoms with Crippen molar-refractivity contribution in [1.82, 2.24) is 0 Å². The van der Waals surface area contributed by atoms with Crippen molar-refractivity contribution in [3.63, 3.8) is 0 Å². The number of nitrogens with one attached hydrogen (secondary N) is 1. The first-order valence-electron chi connectivity index (χ1n) is 8.84. The summed E-state index contributed by atoms with van der Waals surface area (Å²) < 4.78 is 5.04. The molecule has 6 nitrogen and oxygen atoms in total. The van der Waals surface area contributed by atoms with Crippen LogP contribution in [0, 0.1) is 12.8 Å². The molecule has 0 spiro atoms. The van der Waals surface area contributed by atoms with E-state index in [-0.39, 0.29) is 23.0 Å². The zero-order chi connectivity index (χ0) is 18.4. The third-order valence-corrected chi connectivity index (χ3v) is 5.83. The Kier molecular flexibility index (Phi) is 6.99. The van der Waals surface area contributed by atoms with Crippen LogP contribution in [0.3, 0.4) is 0 Å². The number of carbonyl (C=O) groups is 3. The maximum Gasteiger partial charge on any atom is 0.341 e. The molecule has 2 rings (SSSR count). The number of hydrogen-bond acceptors (Lipinski definition) is 5. The van der Waals surface area contributed by atoms with Gasteiger partial charge in [-0.25, -0.2) is 4.79 Å². The molecule has 0 aliphatic heterocycles. The SMILES string of the molecule is CCOC(=O)c1c(NC(=O)CCC2CCCCC2)sc(C(N)=O)c1C. The summed E-state index contributed by atoms with van der Waals surface area (Å²) in [5.74, 6) is -0.703. The summed E-state index contributed by atoms with van der Waals surface area (Å²) in [5.41, 5.74) is 6.05. The van der Waals surface area contributed by atoms with E-state index < -0.39 is 11.9 Å². The first-order chi connectivity index (χ1) is 11.9. The quantitative estimate of drug-likeness (QED) is 0.720. The van der Waals surface area contributed by atoms with Gasteiger partial charge in [0.15, 0.2) is 0 Å². The van der Waals surface area contributed by atoms with Crippen LogP contribution in [0.15, 0.2) is 0 Å². The first kappa shape index (κ1) is 19.4. The second-order valence-electron chi connectivity index (χ2n) is 6.44. The van der Waals surface area contributed by atoms with Crippen LogP contribution in [-0.2, 0) is 9.53 Å². The van der Waals surface area contributed by atoms with Gasteiger partial charge in [0.1, 0.15) is 5.00 Å². The summed E-state index contributed by atoms with van der Waals surface area (Å²) in [6.07, 6.45) is 7.41. The van der Waals surface area contributed by atoms with Crippen molar-refractivity contribution in [2.24, 2.45) is 11.7 Å². The van der Waals surface area contributed by atoms with E-state index in [4.69, 9.17) is 10.5 Å². The van der Waals surface area contributed by atoms with Gasteiger partial charge in [-0.05, 0) is 31.7 Å². The molecule has 1 aromatic rings. The van der Waals surface area contributed by atoms with Gasteiger partial charge in [0.25, 0.3) is 5.91 Å². The minimum absolute atomic E-state index is 0.145. The lowest BCUT2D eigenvalue weighted by molar-refractivity contribution is -0.116. The van der Waals surface area contributed by atoms with E-state index in [9.17, 15) is 14.4 Å². The maximum atomic E-state index is 12.3. The number of esters is 1. The Bertz CT molecular complexity index is 648. The fourth-order valence-electron chi connectivity index (χ4n) is 3.29. The van der Waals surface area contributed by atoms with E-state index in [0.29, 0.717) is 22.9 Å². The Morgan fingerprint density at radius 3 is 2.52 bits per heavy atom. The largest absolute Gasteiger partial charge is 0.462 e. The third-order valence-electron chi connectivity index (χ3n) is 4.61. The summed E-state index contributed by atoms with van der Waals surface area (Å²) in [6.45, 7) is 3.56. The van der Waals surface area contributed by atoms with E-state index in [1.165, 1.54) is 32.1 Å². The number of rotatable bonds is 7. The van der Waals surface area contributed by atoms with Crippen molar-refractivity contribution in [2.75, 3.05) is 11.9 Å². The monoisotopic (exact) mass is 366 g/mol. The Morgan fingerprint density at radius 2 is 1.92 bits per heavy atom. The highest BCUT2D eigenvalue weighted by atomic mass is 32.1. The summed E-state index contributed by atoms with van der Waals surface area (Å²) in [7, 11) is 0. The third kappa shape index (κ3) is 5.04. The van der Waals surface area contributed by atoms with Crippen LogP contribution in [0.5, 0.6) is 0 Å². The van der Waals surface area contributed by atoms with Crippen molar-refractivity contribution in [3.8, 4) is 0 Å². The van der Waals surface area contributed by atoms with Gasteiger partial charge >= 0.3 is 5.97 Å². The molecule has 3 N–H and O–H groups in total. The molecule has 25 heavy (non-hydrogen) atoms. The zero-order valence-electron chi connectivity index (χ0n) is 14.9. The van der Waals surface area contributed by atoms with Gasteiger partial charge in [0, 0.05) is 6.42 Å². The number of carbonyl (C=O) groups excluding carboxylic acids is 3. The number of amides is 2. The summed E-state index contributed by atoms with van der Waals surface area (Å²) in [4.78, 5) is 36.3. The highest BCUT2D eigenvalue weighted by Gasteiger charge is 2.25. The summed E-state index contributed by atoms with van der Waals surface area (Å²) in [5, 5.41) is 3.12. The minimum Gasteiger partial charge on any atom is -0.462 e. The first-order valence-corrected chi connectivity index (χ1v) is 9.65. The smallest absolute Gasteiger partial charge is 0.341 e. The van der Waals surface area contributed by atoms with Crippen LogP contribution in [0.2, 0.25) is 0 Å². The van der Waals surface area contributed by atoms with E-state index in [0.717, 1.165) is 17.8 Å². The Balaban J connectivity index is 2.08. The fraction of sp³-hybridized carbons (Fsp3) is 0.611. The lowest BCUT2D eigenvalue weighted by atomic mass is 9.86. The predicted octanol–water partition coefficient (Wildman–Crippen LogP) is 3.63. The van der Waals surface area contributed by atoms with Gasteiger partial charge < -0.3 is 15.8 Å². The number of anilines is 1. The highest BCUT2D eigenvalue weighted by Crippen LogP contribution is 2.34. The summed E-state index contributed by atoms with van der Waals surface area (Å²) >= 11 is 1.03. The van der Waals surface area contributed by atoms with Crippen molar-refractivity contribution in [2.45, 2.75) is 58.8 Å². The van der Waals surface area contributed by atoms with E-state index in [2.05, 4.69) is 5.32 Å². The lowest BCUT2D eigenvalue weighted by Gasteiger charge is -2.20. The molecule has 0 atom stereocenters. The minimum atomic E-state index is -0.615. The molecule has 0 aromatic carbocycles. The van der Waals surface area contributed by atoms with Crippen LogP contribution >= 0.6 is 11.3 Å². The molecule has 1 fully saturated rings. The van der Waals surface area contributed by atoms with Crippen molar-refractivity contribution in [1.29, 1.82) is 0 Å². The summed E-state index contributed by atoms with van der Waals surface area (Å²) in [6, 6.07) is 0. The van der Waals surface area contributed by atoms with Crippen molar-refractivity contribution in [3.05, 3.63) is 16.0 Å². The number of ether oxygens (including phenoxy) is 1. The fourth-order valence-corrected chi connectivity index (χ4v) is 4.35. The van der Waals surface area contributed by atoms with Crippen LogP contribution in [0.4, 0.5) is 5.00 Å². The molecule has 1 aromatic heterocycles. The topological polar surface area (TPSA) is 98.5 Å². The average molecular weight is 366 g/mol. The van der Waals surface area contributed by atoms with Crippen LogP contribution < -0.4 is 11.1 Å². The highest BCUT2D eigenvalue weighted by molar-refractivity contribution is 7.18. The van der Waals surface area contributed by atoms with Crippen molar-refractivity contribution < 1.29 is 19.1 Å². The van der Waals surface area contributed by atoms with Gasteiger partial charge in [-0.2, -0.15) is 0 Å². The van der Waals surface area contributed by atoms with Gasteiger partial charge in [-0.15, -0.1) is 11.3 Å². The molecule has 1 aliphatic rings. The number of nitrogens with two attached hydrogens (primary N) is 1. The molecule has 2 amide bonds. The predicted molar refractivity (Wildman–Crippen MR) is 98.0 cm³/mol. The van der Waals surface area contributed by atoms with Gasteiger partial charge in [-0.1, -0.05) is 32.1 Å². The Morgan fingerprint density at radius 1 is 1.24 bits per heavy atom. The molecule has 1 saturated carbocycles.